The second kappa shape index (κ2) is 9.13. The molecule has 1 amide bonds. The first-order valence-corrected chi connectivity index (χ1v) is 11.4. The zero-order chi connectivity index (χ0) is 25.5. The second-order valence-electron chi connectivity index (χ2n) is 8.36. The van der Waals surface area contributed by atoms with Gasteiger partial charge < -0.3 is 20.1 Å². The Labute approximate surface area is 202 Å². The number of aromatic nitrogens is 2. The van der Waals surface area contributed by atoms with Gasteiger partial charge in [-0.1, -0.05) is 13.8 Å². The van der Waals surface area contributed by atoms with E-state index in [-0.39, 0.29) is 24.0 Å². The van der Waals surface area contributed by atoms with Gasteiger partial charge in [-0.25, -0.2) is 8.78 Å². The predicted octanol–water partition coefficient (Wildman–Crippen LogP) is 4.93. The molecule has 7 nitrogen and oxygen atoms in total. The van der Waals surface area contributed by atoms with E-state index in [9.17, 15) is 4.79 Å². The standard InChI is InChI=1S/C24H22F2N4O3.C2H6/c1-12-15(6-14(27)10-28-12)17-7-16-13(9-29-17)11-30(23(31)24(16)4-5-24)22-20(25)18(32-2)8-19(33-3)21(22)26;1-2/h6-10H,4-5,11,27H2,1-3H3;1-2H3. The highest BCUT2D eigenvalue weighted by Crippen LogP contribution is 2.55. The molecule has 35 heavy (non-hydrogen) atoms. The number of amides is 1. The number of nitrogens with two attached hydrogens (primary N) is 1. The molecule has 2 N–H and O–H groups in total. The number of rotatable bonds is 4. The van der Waals surface area contributed by atoms with E-state index in [4.69, 9.17) is 15.2 Å². The Bertz CT molecular complexity index is 1280. The van der Waals surface area contributed by atoms with Crippen LogP contribution in [0.5, 0.6) is 11.5 Å². The number of carbonyl (C=O) groups excluding carboxylic acids is 1. The lowest BCUT2D eigenvalue weighted by Gasteiger charge is -2.35. The summed E-state index contributed by atoms with van der Waals surface area (Å²) in [7, 11) is 2.54. The molecule has 1 spiro atoms. The van der Waals surface area contributed by atoms with Crippen molar-refractivity contribution in [2.24, 2.45) is 0 Å². The molecule has 0 atom stereocenters. The molecule has 9 heteroatoms. The molecule has 5 rings (SSSR count). The van der Waals surface area contributed by atoms with Gasteiger partial charge in [0.15, 0.2) is 23.1 Å². The maximum Gasteiger partial charge on any atom is 0.238 e. The Morgan fingerprint density at radius 1 is 1.00 bits per heavy atom. The molecule has 0 bridgehead atoms. The number of nitrogens with zero attached hydrogens (tertiary/aromatic N) is 3. The molecule has 184 valence electrons. The molecule has 1 aliphatic heterocycles. The molecule has 1 fully saturated rings. The van der Waals surface area contributed by atoms with Crippen molar-refractivity contribution in [1.29, 1.82) is 0 Å². The monoisotopic (exact) mass is 482 g/mol. The number of pyridine rings is 2. The number of aryl methyl sites for hydroxylation is 1. The minimum atomic E-state index is -0.950. The number of ether oxygens (including phenoxy) is 2. The summed E-state index contributed by atoms with van der Waals surface area (Å²) in [5.74, 6) is -2.67. The van der Waals surface area contributed by atoms with Crippen LogP contribution in [0.1, 0.15) is 43.5 Å². The normalized spacial score (nSPS) is 15.3. The van der Waals surface area contributed by atoms with Crippen molar-refractivity contribution in [3.8, 4) is 22.8 Å². The molecule has 2 aliphatic rings. The number of halogens is 2. The largest absolute Gasteiger partial charge is 0.493 e. The highest BCUT2D eigenvalue weighted by Gasteiger charge is 2.57. The van der Waals surface area contributed by atoms with E-state index in [1.165, 1.54) is 14.2 Å². The number of nitrogen functional groups attached to an aromatic ring is 1. The van der Waals surface area contributed by atoms with Crippen molar-refractivity contribution in [2.45, 2.75) is 45.6 Å². The van der Waals surface area contributed by atoms with Gasteiger partial charge in [0, 0.05) is 23.5 Å². The Hall–Kier alpha value is -3.75. The van der Waals surface area contributed by atoms with E-state index in [1.807, 2.05) is 26.8 Å². The summed E-state index contributed by atoms with van der Waals surface area (Å²) in [6.07, 6.45) is 4.39. The van der Waals surface area contributed by atoms with Gasteiger partial charge in [-0.05, 0) is 43.0 Å². The van der Waals surface area contributed by atoms with Crippen LogP contribution in [0.25, 0.3) is 11.3 Å². The van der Waals surface area contributed by atoms with Gasteiger partial charge in [0.05, 0.1) is 43.8 Å². The van der Waals surface area contributed by atoms with Crippen molar-refractivity contribution in [3.63, 3.8) is 0 Å². The van der Waals surface area contributed by atoms with Crippen LogP contribution in [0, 0.1) is 18.6 Å². The average Bonchev–Trinajstić information content (AvgIpc) is 3.67. The predicted molar refractivity (Wildman–Crippen MR) is 130 cm³/mol. The Morgan fingerprint density at radius 3 is 2.20 bits per heavy atom. The van der Waals surface area contributed by atoms with Crippen molar-refractivity contribution in [3.05, 3.63) is 59.0 Å². The van der Waals surface area contributed by atoms with Crippen LogP contribution >= 0.6 is 0 Å². The zero-order valence-electron chi connectivity index (χ0n) is 20.4. The topological polar surface area (TPSA) is 90.6 Å². The Balaban J connectivity index is 0.00000141. The van der Waals surface area contributed by atoms with E-state index in [2.05, 4.69) is 9.97 Å². The van der Waals surface area contributed by atoms with Gasteiger partial charge in [-0.15, -0.1) is 0 Å². The Morgan fingerprint density at radius 2 is 1.63 bits per heavy atom. The van der Waals surface area contributed by atoms with Gasteiger partial charge in [-0.3, -0.25) is 14.8 Å². The number of hydrogen-bond donors (Lipinski definition) is 1. The molecular weight excluding hydrogens is 454 g/mol. The molecule has 3 heterocycles. The summed E-state index contributed by atoms with van der Waals surface area (Å²) in [5, 5.41) is 0. The summed E-state index contributed by atoms with van der Waals surface area (Å²) in [6, 6.07) is 4.79. The van der Waals surface area contributed by atoms with Gasteiger partial charge in [0.1, 0.15) is 5.69 Å². The molecular formula is C26H28F2N4O3. The summed E-state index contributed by atoms with van der Waals surface area (Å²) in [4.78, 5) is 23.6. The minimum absolute atomic E-state index is 0.0263. The third kappa shape index (κ3) is 3.84. The highest BCUT2D eigenvalue weighted by atomic mass is 19.1. The number of fused-ring (bicyclic) bond motifs is 2. The molecule has 1 aromatic carbocycles. The van der Waals surface area contributed by atoms with Crippen LogP contribution in [-0.2, 0) is 16.8 Å². The molecule has 0 saturated heterocycles. The minimum Gasteiger partial charge on any atom is -0.493 e. The van der Waals surface area contributed by atoms with E-state index < -0.39 is 22.7 Å². The maximum absolute atomic E-state index is 15.2. The van der Waals surface area contributed by atoms with Crippen LogP contribution in [0.2, 0.25) is 0 Å². The quantitative estimate of drug-likeness (QED) is 0.567. The van der Waals surface area contributed by atoms with Crippen molar-refractivity contribution < 1.29 is 23.0 Å². The van der Waals surface area contributed by atoms with Crippen molar-refractivity contribution in [2.75, 3.05) is 24.9 Å². The number of methoxy groups -OCH3 is 2. The smallest absolute Gasteiger partial charge is 0.238 e. The van der Waals surface area contributed by atoms with Crippen LogP contribution < -0.4 is 20.1 Å². The zero-order valence-corrected chi connectivity index (χ0v) is 20.4. The number of carbonyl (C=O) groups is 1. The summed E-state index contributed by atoms with van der Waals surface area (Å²) >= 11 is 0. The first-order valence-electron chi connectivity index (χ1n) is 11.4. The fraction of sp³-hybridized carbons (Fsp3) is 0.346. The van der Waals surface area contributed by atoms with Gasteiger partial charge in [0.25, 0.3) is 0 Å². The first kappa shape index (κ1) is 24.4. The van der Waals surface area contributed by atoms with E-state index in [1.54, 1.807) is 18.5 Å². The van der Waals surface area contributed by atoms with Crippen LogP contribution in [0.15, 0.2) is 30.6 Å². The van der Waals surface area contributed by atoms with E-state index in [0.29, 0.717) is 24.2 Å². The molecule has 1 aliphatic carbocycles. The van der Waals surface area contributed by atoms with Crippen LogP contribution in [0.3, 0.4) is 0 Å². The number of anilines is 2. The van der Waals surface area contributed by atoms with Crippen LogP contribution in [-0.4, -0.2) is 30.1 Å². The fourth-order valence-electron chi connectivity index (χ4n) is 4.53. The third-order valence-electron chi connectivity index (χ3n) is 6.44. The van der Waals surface area contributed by atoms with Crippen molar-refractivity contribution in [1.82, 2.24) is 9.97 Å². The summed E-state index contributed by atoms with van der Waals surface area (Å²) in [5.41, 5.74) is 8.84. The van der Waals surface area contributed by atoms with Crippen molar-refractivity contribution >= 4 is 17.3 Å². The third-order valence-corrected chi connectivity index (χ3v) is 6.44. The fourth-order valence-corrected chi connectivity index (χ4v) is 4.53. The SMILES string of the molecule is CC.COc1cc(OC)c(F)c(N2Cc3cnc(-c4cc(N)cnc4C)cc3C3(CC3)C2=O)c1F. The Kier molecular flexibility index (Phi) is 6.36. The summed E-state index contributed by atoms with van der Waals surface area (Å²) in [6.45, 7) is 5.83. The molecule has 0 unspecified atom stereocenters. The second-order valence-corrected chi connectivity index (χ2v) is 8.36. The van der Waals surface area contributed by atoms with Gasteiger partial charge in [-0.2, -0.15) is 0 Å². The molecule has 1 saturated carbocycles. The highest BCUT2D eigenvalue weighted by molar-refractivity contribution is 6.05. The first-order chi connectivity index (χ1) is 16.8. The number of hydrogen-bond acceptors (Lipinski definition) is 6. The molecule has 3 aromatic rings. The summed E-state index contributed by atoms with van der Waals surface area (Å²) < 4.78 is 40.4. The van der Waals surface area contributed by atoms with E-state index >= 15 is 8.78 Å². The van der Waals surface area contributed by atoms with E-state index in [0.717, 1.165) is 33.4 Å². The lowest BCUT2D eigenvalue weighted by atomic mass is 9.85. The van der Waals surface area contributed by atoms with Crippen LogP contribution in [0.4, 0.5) is 20.2 Å². The molecule has 0 radical (unpaired) electrons. The lowest BCUT2D eigenvalue weighted by molar-refractivity contribution is -0.121. The average molecular weight is 483 g/mol. The number of benzene rings is 1. The van der Waals surface area contributed by atoms with Gasteiger partial charge >= 0.3 is 0 Å². The van der Waals surface area contributed by atoms with Gasteiger partial charge in [0.2, 0.25) is 5.91 Å². The lowest BCUT2D eigenvalue weighted by Crippen LogP contribution is -2.45. The molecule has 2 aromatic heterocycles. The maximum atomic E-state index is 15.2.